The molecule has 1 atom stereocenters. The average molecular weight is 290 g/mol. The van der Waals surface area contributed by atoms with Gasteiger partial charge in [0.15, 0.2) is 0 Å². The molecule has 21 heavy (non-hydrogen) atoms. The van der Waals surface area contributed by atoms with Crippen LogP contribution in [0.1, 0.15) is 22.5 Å². The van der Waals surface area contributed by atoms with E-state index in [2.05, 4.69) is 4.98 Å². The Bertz CT molecular complexity index is 539. The molecular formula is C15H18N2O4. The van der Waals surface area contributed by atoms with Crippen molar-refractivity contribution in [1.29, 1.82) is 0 Å². The molecule has 0 aliphatic carbocycles. The van der Waals surface area contributed by atoms with Gasteiger partial charge in [-0.3, -0.25) is 9.78 Å². The van der Waals surface area contributed by atoms with Gasteiger partial charge in [0.1, 0.15) is 5.69 Å². The first-order valence-corrected chi connectivity index (χ1v) is 6.75. The van der Waals surface area contributed by atoms with Crippen LogP contribution in [0, 0.1) is 5.92 Å². The summed E-state index contributed by atoms with van der Waals surface area (Å²) in [6, 6.07) is 3.30. The highest BCUT2D eigenvalue weighted by Gasteiger charge is 2.27. The van der Waals surface area contributed by atoms with E-state index in [1.165, 1.54) is 12.3 Å². The highest BCUT2D eigenvalue weighted by Crippen LogP contribution is 2.18. The summed E-state index contributed by atoms with van der Waals surface area (Å²) in [5.74, 6) is -0.726. The van der Waals surface area contributed by atoms with Crippen molar-refractivity contribution >= 4 is 18.0 Å². The van der Waals surface area contributed by atoms with E-state index in [9.17, 15) is 9.59 Å². The number of nitrogens with zero attached hydrogens (tertiary/aromatic N) is 2. The Kier molecular flexibility index (Phi) is 5.05. The minimum Gasteiger partial charge on any atom is -0.478 e. The number of ether oxygens (including phenoxy) is 1. The Morgan fingerprint density at radius 1 is 1.52 bits per heavy atom. The van der Waals surface area contributed by atoms with Gasteiger partial charge in [-0.1, -0.05) is 6.07 Å². The Labute approximate surface area is 123 Å². The van der Waals surface area contributed by atoms with Gasteiger partial charge in [0, 0.05) is 38.4 Å². The summed E-state index contributed by atoms with van der Waals surface area (Å²) in [6.07, 6.45) is 4.91. The number of pyridine rings is 1. The Morgan fingerprint density at radius 3 is 2.95 bits per heavy atom. The Hall–Kier alpha value is -2.21. The third kappa shape index (κ3) is 4.13. The van der Waals surface area contributed by atoms with E-state index in [1.54, 1.807) is 24.1 Å². The van der Waals surface area contributed by atoms with Crippen LogP contribution in [0.5, 0.6) is 0 Å². The summed E-state index contributed by atoms with van der Waals surface area (Å²) in [4.78, 5) is 28.6. The number of carbonyl (C=O) groups is 2. The number of amides is 1. The van der Waals surface area contributed by atoms with Gasteiger partial charge in [-0.25, -0.2) is 4.79 Å². The number of carbonyl (C=O) groups excluding carboxylic acids is 1. The van der Waals surface area contributed by atoms with E-state index in [4.69, 9.17) is 9.84 Å². The van der Waals surface area contributed by atoms with Crippen LogP contribution in [0.15, 0.2) is 24.4 Å². The largest absolute Gasteiger partial charge is 0.478 e. The smallest absolute Gasteiger partial charge is 0.328 e. The van der Waals surface area contributed by atoms with Crippen molar-refractivity contribution in [2.24, 2.45) is 5.92 Å². The molecule has 1 aliphatic rings. The van der Waals surface area contributed by atoms with Gasteiger partial charge in [-0.05, 0) is 24.1 Å². The second kappa shape index (κ2) is 6.99. The summed E-state index contributed by atoms with van der Waals surface area (Å²) in [7, 11) is 1.66. The van der Waals surface area contributed by atoms with Gasteiger partial charge < -0.3 is 14.7 Å². The predicted octanol–water partition coefficient (Wildman–Crippen LogP) is 1.29. The fourth-order valence-electron chi connectivity index (χ4n) is 2.35. The normalized spacial score (nSPS) is 18.3. The number of likely N-dealkylation sites (tertiary alicyclic amines) is 1. The van der Waals surface area contributed by atoms with E-state index in [0.717, 1.165) is 19.0 Å². The maximum absolute atomic E-state index is 12.3. The van der Waals surface area contributed by atoms with Crippen molar-refractivity contribution < 1.29 is 19.4 Å². The number of aliphatic carboxylic acids is 1. The third-order valence-corrected chi connectivity index (χ3v) is 3.40. The molecule has 0 aromatic carbocycles. The zero-order chi connectivity index (χ0) is 15.2. The monoisotopic (exact) mass is 290 g/mol. The molecule has 1 unspecified atom stereocenters. The van der Waals surface area contributed by atoms with Crippen LogP contribution in [-0.2, 0) is 9.53 Å². The SMILES string of the molecule is COCC1CCN(C(=O)c2ccc(C=CC(=O)O)cn2)C1. The maximum atomic E-state index is 12.3. The van der Waals surface area contributed by atoms with Gasteiger partial charge in [-0.15, -0.1) is 0 Å². The van der Waals surface area contributed by atoms with E-state index < -0.39 is 5.97 Å². The standard InChI is InChI=1S/C15H18N2O4/c1-21-10-12-6-7-17(9-12)15(20)13-4-2-11(8-16-13)3-5-14(18)19/h2-5,8,12H,6-7,9-10H2,1H3,(H,18,19). The molecule has 1 aliphatic heterocycles. The number of aromatic nitrogens is 1. The Morgan fingerprint density at radius 2 is 2.33 bits per heavy atom. The molecule has 1 N–H and O–H groups in total. The van der Waals surface area contributed by atoms with Crippen molar-refractivity contribution in [3.05, 3.63) is 35.7 Å². The van der Waals surface area contributed by atoms with Crippen molar-refractivity contribution in [2.45, 2.75) is 6.42 Å². The van der Waals surface area contributed by atoms with Crippen molar-refractivity contribution in [1.82, 2.24) is 9.88 Å². The maximum Gasteiger partial charge on any atom is 0.328 e. The first-order chi connectivity index (χ1) is 10.1. The molecular weight excluding hydrogens is 272 g/mol. The molecule has 2 heterocycles. The molecule has 1 saturated heterocycles. The van der Waals surface area contributed by atoms with Gasteiger partial charge in [-0.2, -0.15) is 0 Å². The minimum absolute atomic E-state index is 0.0950. The summed E-state index contributed by atoms with van der Waals surface area (Å²) in [6.45, 7) is 2.07. The van der Waals surface area contributed by atoms with Crippen molar-refractivity contribution in [3.63, 3.8) is 0 Å². The van der Waals surface area contributed by atoms with Crippen LogP contribution in [0.4, 0.5) is 0 Å². The average Bonchev–Trinajstić information content (AvgIpc) is 2.94. The lowest BCUT2D eigenvalue weighted by molar-refractivity contribution is -0.131. The quantitative estimate of drug-likeness (QED) is 0.827. The molecule has 0 spiro atoms. The van der Waals surface area contributed by atoms with E-state index in [-0.39, 0.29) is 5.91 Å². The second-order valence-corrected chi connectivity index (χ2v) is 5.01. The fraction of sp³-hybridized carbons (Fsp3) is 0.400. The highest BCUT2D eigenvalue weighted by molar-refractivity contribution is 5.92. The lowest BCUT2D eigenvalue weighted by Gasteiger charge is -2.15. The van der Waals surface area contributed by atoms with Crippen LogP contribution in [0.3, 0.4) is 0 Å². The van der Waals surface area contributed by atoms with Crippen LogP contribution < -0.4 is 0 Å². The molecule has 2 rings (SSSR count). The molecule has 6 heteroatoms. The first-order valence-electron chi connectivity index (χ1n) is 6.75. The van der Waals surface area contributed by atoms with Gasteiger partial charge in [0.05, 0.1) is 6.61 Å². The molecule has 1 aromatic heterocycles. The van der Waals surface area contributed by atoms with E-state index in [1.807, 2.05) is 0 Å². The molecule has 0 saturated carbocycles. The zero-order valence-corrected chi connectivity index (χ0v) is 11.9. The summed E-state index contributed by atoms with van der Waals surface area (Å²) in [5.41, 5.74) is 1.02. The van der Waals surface area contributed by atoms with E-state index in [0.29, 0.717) is 30.3 Å². The van der Waals surface area contributed by atoms with Crippen LogP contribution in [0.25, 0.3) is 6.08 Å². The number of methoxy groups -OCH3 is 1. The van der Waals surface area contributed by atoms with E-state index >= 15 is 0 Å². The number of hydrogen-bond acceptors (Lipinski definition) is 4. The van der Waals surface area contributed by atoms with Gasteiger partial charge in [0.2, 0.25) is 0 Å². The molecule has 1 aromatic rings. The Balaban J connectivity index is 1.99. The summed E-state index contributed by atoms with van der Waals surface area (Å²) >= 11 is 0. The van der Waals surface area contributed by atoms with Crippen LogP contribution in [-0.4, -0.2) is 53.7 Å². The number of hydrogen-bond donors (Lipinski definition) is 1. The summed E-state index contributed by atoms with van der Waals surface area (Å²) in [5, 5.41) is 8.55. The zero-order valence-electron chi connectivity index (χ0n) is 11.9. The summed E-state index contributed by atoms with van der Waals surface area (Å²) < 4.78 is 5.11. The topological polar surface area (TPSA) is 79.7 Å². The lowest BCUT2D eigenvalue weighted by Crippen LogP contribution is -2.29. The molecule has 0 bridgehead atoms. The van der Waals surface area contributed by atoms with Gasteiger partial charge >= 0.3 is 5.97 Å². The molecule has 112 valence electrons. The van der Waals surface area contributed by atoms with Gasteiger partial charge in [0.25, 0.3) is 5.91 Å². The molecule has 0 radical (unpaired) electrons. The predicted molar refractivity (Wildman–Crippen MR) is 76.8 cm³/mol. The highest BCUT2D eigenvalue weighted by atomic mass is 16.5. The molecule has 1 amide bonds. The molecule has 1 fully saturated rings. The van der Waals surface area contributed by atoms with Crippen LogP contribution in [0.2, 0.25) is 0 Å². The fourth-order valence-corrected chi connectivity index (χ4v) is 2.35. The number of carboxylic acids is 1. The van der Waals surface area contributed by atoms with Crippen LogP contribution >= 0.6 is 0 Å². The third-order valence-electron chi connectivity index (χ3n) is 3.40. The second-order valence-electron chi connectivity index (χ2n) is 5.01. The van der Waals surface area contributed by atoms with Crippen molar-refractivity contribution in [3.8, 4) is 0 Å². The number of rotatable bonds is 5. The minimum atomic E-state index is -1.02. The number of carboxylic acid groups (broad SMARTS) is 1. The molecule has 6 nitrogen and oxygen atoms in total. The first kappa shape index (κ1) is 15.2. The van der Waals surface area contributed by atoms with Crippen molar-refractivity contribution in [2.75, 3.05) is 26.8 Å². The lowest BCUT2D eigenvalue weighted by atomic mass is 10.1.